The first-order chi connectivity index (χ1) is 4.18. The number of allylic oxidation sites excluding steroid dienone is 2. The number of halogens is 1. The van der Waals surface area contributed by atoms with Crippen molar-refractivity contribution in [1.82, 2.24) is 4.90 Å². The Morgan fingerprint density at radius 3 is 2.56 bits per heavy atom. The average molecular weight is 129 g/mol. The van der Waals surface area contributed by atoms with Gasteiger partial charge in [-0.1, -0.05) is 12.7 Å². The van der Waals surface area contributed by atoms with Gasteiger partial charge in [0.05, 0.1) is 0 Å². The van der Waals surface area contributed by atoms with E-state index in [1.54, 1.807) is 25.4 Å². The van der Waals surface area contributed by atoms with E-state index in [0.717, 1.165) is 0 Å². The molecule has 0 amide bonds. The van der Waals surface area contributed by atoms with E-state index in [2.05, 4.69) is 6.58 Å². The van der Waals surface area contributed by atoms with Crippen LogP contribution < -0.4 is 0 Å². The van der Waals surface area contributed by atoms with E-state index in [0.29, 0.717) is 0 Å². The van der Waals surface area contributed by atoms with Crippen LogP contribution in [0.5, 0.6) is 0 Å². The Hall–Kier alpha value is -0.790. The van der Waals surface area contributed by atoms with Crippen LogP contribution in [0.25, 0.3) is 0 Å². The zero-order valence-electron chi connectivity index (χ0n) is 5.84. The number of alkyl halides is 1. The first-order valence-corrected chi connectivity index (χ1v) is 2.83. The lowest BCUT2D eigenvalue weighted by Crippen LogP contribution is -2.18. The van der Waals surface area contributed by atoms with Crippen molar-refractivity contribution in [2.75, 3.05) is 7.05 Å². The van der Waals surface area contributed by atoms with Gasteiger partial charge in [-0.15, -0.1) is 0 Å². The molecule has 0 heterocycles. The van der Waals surface area contributed by atoms with Crippen molar-refractivity contribution in [2.24, 2.45) is 0 Å². The molecule has 1 nitrogen and oxygen atoms in total. The lowest BCUT2D eigenvalue weighted by molar-refractivity contribution is 0.180. The molecule has 0 aliphatic carbocycles. The molecule has 0 fully saturated rings. The fraction of sp³-hybridized carbons (Fsp3) is 0.429. The van der Waals surface area contributed by atoms with Gasteiger partial charge in [-0.3, -0.25) is 0 Å². The second-order valence-electron chi connectivity index (χ2n) is 1.82. The Kier molecular flexibility index (Phi) is 3.76. The average Bonchev–Trinajstić information content (AvgIpc) is 1.82. The Morgan fingerprint density at radius 1 is 1.67 bits per heavy atom. The third-order valence-corrected chi connectivity index (χ3v) is 1.02. The molecular weight excluding hydrogens is 117 g/mol. The fourth-order valence-corrected chi connectivity index (χ4v) is 0.315. The molecule has 0 bridgehead atoms. The molecule has 0 aliphatic heterocycles. The number of hydrogen-bond donors (Lipinski definition) is 0. The second kappa shape index (κ2) is 4.13. The highest BCUT2D eigenvalue weighted by Gasteiger charge is 1.97. The zero-order valence-corrected chi connectivity index (χ0v) is 5.84. The van der Waals surface area contributed by atoms with Gasteiger partial charge in [-0.05, 0) is 13.0 Å². The van der Waals surface area contributed by atoms with E-state index in [4.69, 9.17) is 0 Å². The van der Waals surface area contributed by atoms with Gasteiger partial charge in [0.25, 0.3) is 0 Å². The van der Waals surface area contributed by atoms with Crippen molar-refractivity contribution >= 4 is 0 Å². The summed E-state index contributed by atoms with van der Waals surface area (Å²) in [6, 6.07) is 0. The number of nitrogens with zero attached hydrogens (tertiary/aromatic N) is 1. The summed E-state index contributed by atoms with van der Waals surface area (Å²) in [5, 5.41) is 0. The Bertz CT molecular complexity index is 107. The minimum Gasteiger partial charge on any atom is -0.352 e. The highest BCUT2D eigenvalue weighted by Crippen LogP contribution is 1.95. The Labute approximate surface area is 55.5 Å². The maximum atomic E-state index is 12.3. The largest absolute Gasteiger partial charge is 0.352 e. The van der Waals surface area contributed by atoms with E-state index in [-0.39, 0.29) is 0 Å². The van der Waals surface area contributed by atoms with E-state index < -0.39 is 6.30 Å². The third-order valence-electron chi connectivity index (χ3n) is 1.02. The number of rotatable bonds is 3. The van der Waals surface area contributed by atoms with E-state index in [1.165, 1.54) is 11.8 Å². The minimum atomic E-state index is -0.929. The summed E-state index contributed by atoms with van der Waals surface area (Å²) in [6.07, 6.45) is 4.01. The SMILES string of the molecule is C=C/C=C\N(C)C(C)F. The second-order valence-corrected chi connectivity index (χ2v) is 1.82. The zero-order chi connectivity index (χ0) is 7.28. The molecule has 0 N–H and O–H groups in total. The summed E-state index contributed by atoms with van der Waals surface area (Å²) >= 11 is 0. The molecule has 0 spiro atoms. The summed E-state index contributed by atoms with van der Waals surface area (Å²) in [7, 11) is 1.67. The predicted molar refractivity (Wildman–Crippen MR) is 37.7 cm³/mol. The summed E-state index contributed by atoms with van der Waals surface area (Å²) in [6.45, 7) is 4.94. The molecule has 0 aromatic heterocycles. The molecule has 0 aromatic rings. The molecule has 0 radical (unpaired) electrons. The predicted octanol–water partition coefficient (Wildman–Crippen LogP) is 1.93. The first-order valence-electron chi connectivity index (χ1n) is 2.83. The van der Waals surface area contributed by atoms with Gasteiger partial charge >= 0.3 is 0 Å². The van der Waals surface area contributed by atoms with Crippen LogP contribution in [0.2, 0.25) is 0 Å². The highest BCUT2D eigenvalue weighted by atomic mass is 19.1. The van der Waals surface area contributed by atoms with Crippen LogP contribution in [-0.4, -0.2) is 18.2 Å². The van der Waals surface area contributed by atoms with Crippen molar-refractivity contribution < 1.29 is 4.39 Å². The van der Waals surface area contributed by atoms with Crippen molar-refractivity contribution in [3.8, 4) is 0 Å². The molecule has 0 saturated carbocycles. The number of hydrogen-bond acceptors (Lipinski definition) is 1. The maximum Gasteiger partial charge on any atom is 0.168 e. The van der Waals surface area contributed by atoms with Crippen LogP contribution in [0.1, 0.15) is 6.92 Å². The standard InChI is InChI=1S/C7H12FN/c1-4-5-6-9(3)7(2)8/h4-7H,1H2,2-3H3/b6-5-. The normalized spacial score (nSPS) is 13.7. The Balaban J connectivity index is 3.61. The first kappa shape index (κ1) is 8.21. The minimum absolute atomic E-state index is 0.929. The highest BCUT2D eigenvalue weighted by molar-refractivity contribution is 4.96. The lowest BCUT2D eigenvalue weighted by atomic mass is 10.5. The van der Waals surface area contributed by atoms with Gasteiger partial charge in [0.15, 0.2) is 6.30 Å². The van der Waals surface area contributed by atoms with Crippen LogP contribution in [0.4, 0.5) is 4.39 Å². The monoisotopic (exact) mass is 129 g/mol. The summed E-state index contributed by atoms with van der Waals surface area (Å²) < 4.78 is 12.3. The van der Waals surface area contributed by atoms with Crippen molar-refractivity contribution in [3.63, 3.8) is 0 Å². The van der Waals surface area contributed by atoms with Gasteiger partial charge in [-0.25, -0.2) is 4.39 Å². The van der Waals surface area contributed by atoms with Crippen molar-refractivity contribution in [3.05, 3.63) is 24.9 Å². The van der Waals surface area contributed by atoms with Gasteiger partial charge < -0.3 is 4.90 Å². The van der Waals surface area contributed by atoms with Crippen LogP contribution in [0.3, 0.4) is 0 Å². The molecule has 0 saturated heterocycles. The molecule has 0 rings (SSSR count). The molecule has 1 unspecified atom stereocenters. The van der Waals surface area contributed by atoms with Gasteiger partial charge in [-0.2, -0.15) is 0 Å². The van der Waals surface area contributed by atoms with Crippen molar-refractivity contribution in [2.45, 2.75) is 13.2 Å². The van der Waals surface area contributed by atoms with Gasteiger partial charge in [0.1, 0.15) is 0 Å². The summed E-state index contributed by atoms with van der Waals surface area (Å²) in [5.74, 6) is 0. The molecule has 9 heavy (non-hydrogen) atoms. The van der Waals surface area contributed by atoms with Crippen molar-refractivity contribution in [1.29, 1.82) is 0 Å². The molecule has 0 aliphatic rings. The van der Waals surface area contributed by atoms with E-state index in [1.807, 2.05) is 0 Å². The summed E-state index contributed by atoms with van der Waals surface area (Å²) in [4.78, 5) is 1.46. The fourth-order valence-electron chi connectivity index (χ4n) is 0.315. The van der Waals surface area contributed by atoms with Crippen LogP contribution in [0, 0.1) is 0 Å². The molecule has 2 heteroatoms. The van der Waals surface area contributed by atoms with Gasteiger partial charge in [0, 0.05) is 13.2 Å². The van der Waals surface area contributed by atoms with Crippen LogP contribution in [0.15, 0.2) is 24.9 Å². The quantitative estimate of drug-likeness (QED) is 0.415. The van der Waals surface area contributed by atoms with E-state index >= 15 is 0 Å². The van der Waals surface area contributed by atoms with Gasteiger partial charge in [0.2, 0.25) is 0 Å². The van der Waals surface area contributed by atoms with Crippen LogP contribution >= 0.6 is 0 Å². The summed E-state index contributed by atoms with van der Waals surface area (Å²) in [5.41, 5.74) is 0. The topological polar surface area (TPSA) is 3.24 Å². The molecular formula is C7H12FN. The maximum absolute atomic E-state index is 12.3. The Morgan fingerprint density at radius 2 is 2.22 bits per heavy atom. The molecule has 52 valence electrons. The molecule has 1 atom stereocenters. The van der Waals surface area contributed by atoms with Crippen LogP contribution in [-0.2, 0) is 0 Å². The lowest BCUT2D eigenvalue weighted by Gasteiger charge is -2.13. The van der Waals surface area contributed by atoms with E-state index in [9.17, 15) is 4.39 Å². The molecule has 0 aromatic carbocycles. The third kappa shape index (κ3) is 3.76. The smallest absolute Gasteiger partial charge is 0.168 e.